The molecule has 0 aliphatic rings. The third-order valence-electron chi connectivity index (χ3n) is 5.40. The third-order valence-corrected chi connectivity index (χ3v) is 7.54. The molecule has 4 rings (SSSR count). The predicted molar refractivity (Wildman–Crippen MR) is 143 cm³/mol. The van der Waals surface area contributed by atoms with Crippen molar-refractivity contribution in [2.75, 3.05) is 25.3 Å². The fourth-order valence-corrected chi connectivity index (χ4v) is 5.48. The molecular formula is C26H27N3O4S2. The fourth-order valence-electron chi connectivity index (χ4n) is 3.60. The van der Waals surface area contributed by atoms with Crippen molar-refractivity contribution in [1.29, 1.82) is 0 Å². The summed E-state index contributed by atoms with van der Waals surface area (Å²) in [5.74, 6) is 1.02. The SMILES string of the molecule is CCCn1c(SCC(=O)Nc2ccc(OC)cc2OC)nc2cc(-c3ccc(C)cc3)sc2c1=O. The molecule has 2 aromatic heterocycles. The van der Waals surface area contributed by atoms with Crippen molar-refractivity contribution < 1.29 is 14.3 Å². The van der Waals surface area contributed by atoms with E-state index in [4.69, 9.17) is 14.5 Å². The van der Waals surface area contributed by atoms with Crippen LogP contribution in [-0.4, -0.2) is 35.4 Å². The highest BCUT2D eigenvalue weighted by molar-refractivity contribution is 7.99. The molecule has 0 radical (unpaired) electrons. The van der Waals surface area contributed by atoms with Gasteiger partial charge < -0.3 is 14.8 Å². The van der Waals surface area contributed by atoms with Crippen LogP contribution in [0.2, 0.25) is 0 Å². The first-order valence-corrected chi connectivity index (χ1v) is 13.0. The highest BCUT2D eigenvalue weighted by atomic mass is 32.2. The van der Waals surface area contributed by atoms with Crippen LogP contribution >= 0.6 is 23.1 Å². The van der Waals surface area contributed by atoms with E-state index in [1.54, 1.807) is 29.9 Å². The van der Waals surface area contributed by atoms with Crippen LogP contribution < -0.4 is 20.3 Å². The number of fused-ring (bicyclic) bond motifs is 1. The summed E-state index contributed by atoms with van der Waals surface area (Å²) in [5.41, 5.74) is 3.38. The third kappa shape index (κ3) is 5.52. The first-order chi connectivity index (χ1) is 16.9. The van der Waals surface area contributed by atoms with Gasteiger partial charge >= 0.3 is 0 Å². The smallest absolute Gasteiger partial charge is 0.272 e. The average molecular weight is 510 g/mol. The van der Waals surface area contributed by atoms with Gasteiger partial charge in [0.15, 0.2) is 5.16 Å². The molecule has 7 nitrogen and oxygen atoms in total. The van der Waals surface area contributed by atoms with E-state index in [-0.39, 0.29) is 17.2 Å². The number of thioether (sulfide) groups is 1. The van der Waals surface area contributed by atoms with E-state index in [2.05, 4.69) is 29.6 Å². The number of benzene rings is 2. The minimum atomic E-state index is -0.221. The molecule has 2 aromatic carbocycles. The molecule has 0 aliphatic heterocycles. The van der Waals surface area contributed by atoms with Crippen molar-refractivity contribution in [3.05, 3.63) is 64.4 Å². The van der Waals surface area contributed by atoms with E-state index in [9.17, 15) is 9.59 Å². The molecule has 0 saturated heterocycles. The second-order valence-corrected chi connectivity index (χ2v) is 9.94. The van der Waals surface area contributed by atoms with Crippen LogP contribution in [0.5, 0.6) is 11.5 Å². The Morgan fingerprint density at radius 1 is 1.11 bits per heavy atom. The number of amides is 1. The van der Waals surface area contributed by atoms with Crippen LogP contribution in [0.3, 0.4) is 0 Å². The maximum absolute atomic E-state index is 13.3. The second-order valence-electron chi connectivity index (χ2n) is 7.95. The molecule has 1 N–H and O–H groups in total. The molecule has 4 aromatic rings. The Bertz CT molecular complexity index is 1410. The number of thiophene rings is 1. The van der Waals surface area contributed by atoms with Gasteiger partial charge in [-0.05, 0) is 37.1 Å². The highest BCUT2D eigenvalue weighted by Gasteiger charge is 2.17. The number of nitrogens with one attached hydrogen (secondary N) is 1. The number of hydrogen-bond donors (Lipinski definition) is 1. The number of nitrogens with zero attached hydrogens (tertiary/aromatic N) is 2. The maximum Gasteiger partial charge on any atom is 0.272 e. The molecule has 0 spiro atoms. The summed E-state index contributed by atoms with van der Waals surface area (Å²) >= 11 is 2.71. The topological polar surface area (TPSA) is 82.5 Å². The normalized spacial score (nSPS) is 11.0. The minimum Gasteiger partial charge on any atom is -0.497 e. The number of carbonyl (C=O) groups is 1. The van der Waals surface area contributed by atoms with E-state index in [0.29, 0.717) is 39.1 Å². The first kappa shape index (κ1) is 24.8. The van der Waals surface area contributed by atoms with Crippen molar-refractivity contribution in [2.24, 2.45) is 0 Å². The number of hydrogen-bond acceptors (Lipinski definition) is 7. The number of aromatic nitrogens is 2. The van der Waals surface area contributed by atoms with Crippen LogP contribution in [0, 0.1) is 6.92 Å². The molecule has 9 heteroatoms. The zero-order valence-electron chi connectivity index (χ0n) is 20.1. The van der Waals surface area contributed by atoms with Gasteiger partial charge in [-0.25, -0.2) is 4.98 Å². The zero-order valence-corrected chi connectivity index (χ0v) is 21.7. The van der Waals surface area contributed by atoms with Gasteiger partial charge in [0.25, 0.3) is 5.56 Å². The van der Waals surface area contributed by atoms with Gasteiger partial charge in [-0.3, -0.25) is 14.2 Å². The van der Waals surface area contributed by atoms with E-state index >= 15 is 0 Å². The molecule has 0 saturated carbocycles. The van der Waals surface area contributed by atoms with Crippen molar-refractivity contribution in [3.8, 4) is 21.9 Å². The Labute approximate surface area is 212 Å². The Balaban J connectivity index is 1.58. The second kappa shape index (κ2) is 11.0. The van der Waals surface area contributed by atoms with Crippen molar-refractivity contribution >= 4 is 44.9 Å². The quantitative estimate of drug-likeness (QED) is 0.234. The maximum atomic E-state index is 13.3. The predicted octanol–water partition coefficient (Wildman–Crippen LogP) is 5.59. The molecule has 0 fully saturated rings. The zero-order chi connectivity index (χ0) is 24.9. The molecule has 0 atom stereocenters. The molecule has 0 aliphatic carbocycles. The number of rotatable bonds is 9. The van der Waals surface area contributed by atoms with Gasteiger partial charge in [-0.2, -0.15) is 0 Å². The number of carbonyl (C=O) groups excluding carboxylic acids is 1. The number of methoxy groups -OCH3 is 2. The lowest BCUT2D eigenvalue weighted by Gasteiger charge is -2.13. The minimum absolute atomic E-state index is 0.0695. The molecule has 0 bridgehead atoms. The van der Waals surface area contributed by atoms with Gasteiger partial charge in [0.1, 0.15) is 16.2 Å². The summed E-state index contributed by atoms with van der Waals surface area (Å²) in [5, 5.41) is 3.40. The van der Waals surface area contributed by atoms with Crippen molar-refractivity contribution in [1.82, 2.24) is 9.55 Å². The van der Waals surface area contributed by atoms with E-state index in [1.807, 2.05) is 19.9 Å². The van der Waals surface area contributed by atoms with Crippen LogP contribution in [-0.2, 0) is 11.3 Å². The van der Waals surface area contributed by atoms with Gasteiger partial charge in [-0.15, -0.1) is 11.3 Å². The van der Waals surface area contributed by atoms with E-state index < -0.39 is 0 Å². The molecule has 35 heavy (non-hydrogen) atoms. The van der Waals surface area contributed by atoms with Crippen molar-refractivity contribution in [2.45, 2.75) is 32.0 Å². The van der Waals surface area contributed by atoms with Crippen LogP contribution in [0.1, 0.15) is 18.9 Å². The van der Waals surface area contributed by atoms with Gasteiger partial charge in [0.2, 0.25) is 5.91 Å². The van der Waals surface area contributed by atoms with E-state index in [0.717, 1.165) is 16.9 Å². The summed E-state index contributed by atoms with van der Waals surface area (Å²) < 4.78 is 12.9. The first-order valence-electron chi connectivity index (χ1n) is 11.2. The van der Waals surface area contributed by atoms with Gasteiger partial charge in [0.05, 0.1) is 31.2 Å². The summed E-state index contributed by atoms with van der Waals surface area (Å²) in [6, 6.07) is 15.4. The standard InChI is InChI=1S/C26H27N3O4S2/c1-5-12-29-25(31)24-20(14-22(35-24)17-8-6-16(2)7-9-17)28-26(29)34-15-23(30)27-19-11-10-18(32-3)13-21(19)33-4/h6-11,13-14H,5,12,15H2,1-4H3,(H,27,30). The lowest BCUT2D eigenvalue weighted by molar-refractivity contribution is -0.113. The average Bonchev–Trinajstić information content (AvgIpc) is 3.30. The van der Waals surface area contributed by atoms with E-state index in [1.165, 1.54) is 35.8 Å². The lowest BCUT2D eigenvalue weighted by Crippen LogP contribution is -2.23. The monoisotopic (exact) mass is 509 g/mol. The fraction of sp³-hybridized carbons (Fsp3) is 0.269. The van der Waals surface area contributed by atoms with Crippen LogP contribution in [0.4, 0.5) is 5.69 Å². The largest absolute Gasteiger partial charge is 0.497 e. The number of anilines is 1. The van der Waals surface area contributed by atoms with Crippen molar-refractivity contribution in [3.63, 3.8) is 0 Å². The van der Waals surface area contributed by atoms with Gasteiger partial charge in [-0.1, -0.05) is 48.5 Å². The summed E-state index contributed by atoms with van der Waals surface area (Å²) in [4.78, 5) is 31.8. The molecule has 1 amide bonds. The Kier molecular flexibility index (Phi) is 7.77. The Hall–Kier alpha value is -3.30. The summed E-state index contributed by atoms with van der Waals surface area (Å²) in [6.45, 7) is 4.60. The summed E-state index contributed by atoms with van der Waals surface area (Å²) in [6.07, 6.45) is 0.784. The lowest BCUT2D eigenvalue weighted by atomic mass is 10.1. The Morgan fingerprint density at radius 2 is 1.89 bits per heavy atom. The number of aryl methyl sites for hydroxylation is 1. The summed E-state index contributed by atoms with van der Waals surface area (Å²) in [7, 11) is 3.11. The molecule has 0 unspecified atom stereocenters. The highest BCUT2D eigenvalue weighted by Crippen LogP contribution is 2.33. The van der Waals surface area contributed by atoms with Crippen LogP contribution in [0.25, 0.3) is 20.7 Å². The van der Waals surface area contributed by atoms with Crippen LogP contribution in [0.15, 0.2) is 58.5 Å². The number of ether oxygens (including phenoxy) is 2. The van der Waals surface area contributed by atoms with Gasteiger partial charge in [0, 0.05) is 17.5 Å². The molecule has 2 heterocycles. The molecule has 182 valence electrons. The molecular weight excluding hydrogens is 482 g/mol. The Morgan fingerprint density at radius 3 is 2.57 bits per heavy atom.